The average molecular weight is 563 g/mol. The lowest BCUT2D eigenvalue weighted by Gasteiger charge is -2.19. The molecule has 3 rings (SSSR count). The van der Waals surface area contributed by atoms with Crippen molar-refractivity contribution in [2.24, 2.45) is 4.99 Å². The van der Waals surface area contributed by atoms with Crippen LogP contribution in [0.15, 0.2) is 53.5 Å². The Morgan fingerprint density at radius 3 is 2.33 bits per heavy atom. The largest absolute Gasteiger partial charge is 0.356 e. The van der Waals surface area contributed by atoms with Crippen LogP contribution in [0.5, 0.6) is 0 Å². The zero-order chi connectivity index (χ0) is 20.9. The Balaban J connectivity index is 0.00000320. The highest BCUT2D eigenvalue weighted by molar-refractivity contribution is 14.0. The van der Waals surface area contributed by atoms with Crippen LogP contribution in [0.1, 0.15) is 29.5 Å². The summed E-state index contributed by atoms with van der Waals surface area (Å²) in [6, 6.07) is 15.6. The highest BCUT2D eigenvalue weighted by Crippen LogP contribution is 2.48. The van der Waals surface area contributed by atoms with Crippen molar-refractivity contribution in [1.82, 2.24) is 15.4 Å². The number of guanidine groups is 1. The molecule has 0 atom stereocenters. The zero-order valence-electron chi connectivity index (χ0n) is 17.1. The normalized spacial score (nSPS) is 15.2. The van der Waals surface area contributed by atoms with Gasteiger partial charge in [0.25, 0.3) is 0 Å². The van der Waals surface area contributed by atoms with Crippen LogP contribution in [0.25, 0.3) is 0 Å². The van der Waals surface area contributed by atoms with Crippen molar-refractivity contribution in [3.8, 4) is 0 Å². The second-order valence-corrected chi connectivity index (χ2v) is 9.71. The Hall–Kier alpha value is -1.36. The summed E-state index contributed by atoms with van der Waals surface area (Å²) in [6.45, 7) is 1.40. The van der Waals surface area contributed by atoms with Crippen molar-refractivity contribution in [2.75, 3.05) is 20.6 Å². The van der Waals surface area contributed by atoms with Crippen LogP contribution in [-0.4, -0.2) is 35.0 Å². The number of sulfonamides is 1. The van der Waals surface area contributed by atoms with E-state index in [1.165, 1.54) is 12.6 Å². The minimum atomic E-state index is -3.26. The van der Waals surface area contributed by atoms with Gasteiger partial charge < -0.3 is 10.6 Å². The standard InChI is InChI=1S/C21H27ClN4O2S.HI/c1-23-20(26-15-21(10-11-21)18-4-3-5-19(22)12-18)25-13-16-6-8-17(9-7-16)14-29(27,28)24-2;/h3-9,12,24H,10-11,13-15H2,1-2H3,(H2,23,25,26);1H. The quantitative estimate of drug-likeness (QED) is 0.262. The first-order valence-corrected chi connectivity index (χ1v) is 11.6. The van der Waals surface area contributed by atoms with Crippen LogP contribution < -0.4 is 15.4 Å². The molecule has 0 heterocycles. The van der Waals surface area contributed by atoms with E-state index < -0.39 is 10.0 Å². The Morgan fingerprint density at radius 2 is 1.77 bits per heavy atom. The number of nitrogens with zero attached hydrogens (tertiary/aromatic N) is 1. The van der Waals surface area contributed by atoms with Crippen LogP contribution in [0.4, 0.5) is 0 Å². The van der Waals surface area contributed by atoms with Crippen LogP contribution in [0.3, 0.4) is 0 Å². The van der Waals surface area contributed by atoms with E-state index >= 15 is 0 Å². The summed E-state index contributed by atoms with van der Waals surface area (Å²) in [5.41, 5.74) is 3.19. The Morgan fingerprint density at radius 1 is 1.10 bits per heavy atom. The van der Waals surface area contributed by atoms with E-state index in [4.69, 9.17) is 11.6 Å². The van der Waals surface area contributed by atoms with E-state index in [9.17, 15) is 8.42 Å². The summed E-state index contributed by atoms with van der Waals surface area (Å²) in [6.07, 6.45) is 2.27. The molecule has 0 saturated heterocycles. The van der Waals surface area contributed by atoms with Crippen LogP contribution in [0.2, 0.25) is 5.02 Å². The molecular weight excluding hydrogens is 535 g/mol. The fourth-order valence-electron chi connectivity index (χ4n) is 3.24. The zero-order valence-corrected chi connectivity index (χ0v) is 21.0. The van der Waals surface area contributed by atoms with Crippen molar-refractivity contribution >= 4 is 51.6 Å². The molecule has 6 nitrogen and oxygen atoms in total. The summed E-state index contributed by atoms with van der Waals surface area (Å²) in [5, 5.41) is 7.49. The molecule has 2 aromatic carbocycles. The van der Waals surface area contributed by atoms with Crippen LogP contribution in [-0.2, 0) is 27.7 Å². The molecule has 0 bridgehead atoms. The lowest BCUT2D eigenvalue weighted by atomic mass is 9.96. The first kappa shape index (κ1) is 24.9. The molecule has 1 fully saturated rings. The molecule has 0 aliphatic heterocycles. The molecule has 30 heavy (non-hydrogen) atoms. The van der Waals surface area contributed by atoms with E-state index in [0.717, 1.165) is 41.5 Å². The molecule has 0 unspecified atom stereocenters. The topological polar surface area (TPSA) is 82.6 Å². The summed E-state index contributed by atoms with van der Waals surface area (Å²) < 4.78 is 25.6. The van der Waals surface area contributed by atoms with Gasteiger partial charge in [-0.25, -0.2) is 13.1 Å². The van der Waals surface area contributed by atoms with Gasteiger partial charge in [-0.2, -0.15) is 0 Å². The van der Waals surface area contributed by atoms with Crippen molar-refractivity contribution in [3.63, 3.8) is 0 Å². The highest BCUT2D eigenvalue weighted by Gasteiger charge is 2.44. The Labute approximate surface area is 201 Å². The van der Waals surface area contributed by atoms with Gasteiger partial charge in [-0.3, -0.25) is 4.99 Å². The third-order valence-corrected chi connectivity index (χ3v) is 6.83. The number of hydrogen-bond donors (Lipinski definition) is 3. The smallest absolute Gasteiger partial charge is 0.215 e. The highest BCUT2D eigenvalue weighted by atomic mass is 127. The first-order valence-electron chi connectivity index (χ1n) is 9.55. The lowest BCUT2D eigenvalue weighted by molar-refractivity contribution is 0.587. The van der Waals surface area contributed by atoms with Crippen molar-refractivity contribution in [3.05, 3.63) is 70.2 Å². The van der Waals surface area contributed by atoms with E-state index in [0.29, 0.717) is 6.54 Å². The van der Waals surface area contributed by atoms with Gasteiger partial charge in [0.05, 0.1) is 5.75 Å². The lowest BCUT2D eigenvalue weighted by Crippen LogP contribution is -2.40. The number of aliphatic imine (C=N–C) groups is 1. The van der Waals surface area contributed by atoms with Gasteiger partial charge in [-0.15, -0.1) is 24.0 Å². The summed E-state index contributed by atoms with van der Waals surface area (Å²) in [7, 11) is -0.0882. The molecule has 0 spiro atoms. The molecular formula is C21H28ClIN4O2S. The van der Waals surface area contributed by atoms with Gasteiger partial charge in [0.1, 0.15) is 0 Å². The van der Waals surface area contributed by atoms with Crippen molar-refractivity contribution in [1.29, 1.82) is 0 Å². The molecule has 3 N–H and O–H groups in total. The number of nitrogens with one attached hydrogen (secondary N) is 3. The van der Waals surface area contributed by atoms with Gasteiger partial charge in [-0.1, -0.05) is 48.0 Å². The molecule has 9 heteroatoms. The fraction of sp³-hybridized carbons (Fsp3) is 0.381. The molecule has 1 aliphatic rings. The average Bonchev–Trinajstić information content (AvgIpc) is 3.50. The predicted octanol–water partition coefficient (Wildman–Crippen LogP) is 3.40. The second kappa shape index (κ2) is 10.8. The maximum Gasteiger partial charge on any atom is 0.215 e. The maximum absolute atomic E-state index is 11.6. The molecule has 0 aromatic heterocycles. The van der Waals surface area contributed by atoms with E-state index in [1.807, 2.05) is 42.5 Å². The van der Waals surface area contributed by atoms with Gasteiger partial charge in [0, 0.05) is 30.6 Å². The number of halogens is 2. The number of rotatable bonds is 8. The minimum Gasteiger partial charge on any atom is -0.356 e. The summed E-state index contributed by atoms with van der Waals surface area (Å²) in [4.78, 5) is 4.30. The molecule has 164 valence electrons. The number of benzene rings is 2. The Kier molecular flexibility index (Phi) is 8.96. The second-order valence-electron chi connectivity index (χ2n) is 7.35. The number of hydrogen-bond acceptors (Lipinski definition) is 3. The third kappa shape index (κ3) is 6.83. The van der Waals surface area contributed by atoms with Gasteiger partial charge in [-0.05, 0) is 48.7 Å². The summed E-state index contributed by atoms with van der Waals surface area (Å²) >= 11 is 6.15. The SMILES string of the molecule is CN=C(NCc1ccc(CS(=O)(=O)NC)cc1)NCC1(c2cccc(Cl)c2)CC1.I. The van der Waals surface area contributed by atoms with Crippen molar-refractivity contribution < 1.29 is 8.42 Å². The van der Waals surface area contributed by atoms with Gasteiger partial charge in [0.2, 0.25) is 10.0 Å². The van der Waals surface area contributed by atoms with E-state index in [-0.39, 0.29) is 35.1 Å². The van der Waals surface area contributed by atoms with Crippen molar-refractivity contribution in [2.45, 2.75) is 30.6 Å². The molecule has 2 aromatic rings. The minimum absolute atomic E-state index is 0. The molecule has 1 aliphatic carbocycles. The first-order chi connectivity index (χ1) is 13.9. The predicted molar refractivity (Wildman–Crippen MR) is 134 cm³/mol. The summed E-state index contributed by atoms with van der Waals surface area (Å²) in [5.74, 6) is 0.714. The monoisotopic (exact) mass is 562 g/mol. The molecule has 0 amide bonds. The van der Waals surface area contributed by atoms with E-state index in [1.54, 1.807) is 7.05 Å². The maximum atomic E-state index is 11.6. The molecule has 0 radical (unpaired) electrons. The van der Waals surface area contributed by atoms with E-state index in [2.05, 4.69) is 26.4 Å². The molecule has 1 saturated carbocycles. The Bertz CT molecular complexity index is 977. The third-order valence-electron chi connectivity index (χ3n) is 5.26. The van der Waals surface area contributed by atoms with Crippen LogP contribution >= 0.6 is 35.6 Å². The van der Waals surface area contributed by atoms with Gasteiger partial charge in [0.15, 0.2) is 5.96 Å². The fourth-order valence-corrected chi connectivity index (χ4v) is 4.21. The van der Waals surface area contributed by atoms with Gasteiger partial charge >= 0.3 is 0 Å². The van der Waals surface area contributed by atoms with Crippen LogP contribution in [0, 0.1) is 0 Å².